The van der Waals surface area contributed by atoms with Crippen LogP contribution in [-0.2, 0) is 46.0 Å². The zero-order chi connectivity index (χ0) is 62.6. The van der Waals surface area contributed by atoms with Gasteiger partial charge in [-0.25, -0.2) is 0 Å². The summed E-state index contributed by atoms with van der Waals surface area (Å²) in [6.45, 7) is 52.6. The van der Waals surface area contributed by atoms with E-state index in [9.17, 15) is 0 Å². The minimum Gasteiger partial charge on any atom is -0.527 e. The fraction of sp³-hybridized carbons (Fsp3) is 0.827. The predicted molar refractivity (Wildman–Crippen MR) is 377 cm³/mol. The first-order valence-electron chi connectivity index (χ1n) is 35.9. The molecule has 0 heterocycles. The average Bonchev–Trinajstić information content (AvgIpc) is 3.42. The fourth-order valence-corrected chi connectivity index (χ4v) is 31.9. The molecule has 0 N–H and O–H groups in total. The van der Waals surface area contributed by atoms with E-state index in [4.69, 9.17) is 27.5 Å². The van der Waals surface area contributed by atoms with Crippen LogP contribution in [0, 0.1) is 12.8 Å². The summed E-state index contributed by atoms with van der Waals surface area (Å²) in [5.74, 6) is 4.04. The van der Waals surface area contributed by atoms with Crippen LogP contribution in [-0.4, -0.2) is 64.6 Å². The van der Waals surface area contributed by atoms with Gasteiger partial charge in [-0.3, -0.25) is 0 Å². The van der Waals surface area contributed by atoms with Gasteiger partial charge in [0.1, 0.15) is 11.5 Å². The summed E-state index contributed by atoms with van der Waals surface area (Å²) in [7, 11) is -5.22. The Hall–Kier alpha value is -0.655. The summed E-state index contributed by atoms with van der Waals surface area (Å²) in [5, 5.41) is 0. The molecule has 0 bridgehead atoms. The summed E-state index contributed by atoms with van der Waals surface area (Å²) in [6, 6.07) is 13.2. The first-order chi connectivity index (χ1) is 40.0. The molecule has 85 heavy (non-hydrogen) atoms. The summed E-state index contributed by atoms with van der Waals surface area (Å²) >= 11 is 0. The zero-order valence-corrected chi connectivity index (χ0v) is 65.9. The van der Waals surface area contributed by atoms with Crippen molar-refractivity contribution in [3.05, 3.63) is 59.0 Å². The molecule has 0 aliphatic rings. The van der Waals surface area contributed by atoms with Gasteiger partial charge in [0.25, 0.3) is 0 Å². The van der Waals surface area contributed by atoms with E-state index in [1.54, 1.807) is 0 Å². The molecule has 0 amide bonds. The fourth-order valence-electron chi connectivity index (χ4n) is 15.4. The molecule has 0 fully saturated rings. The molecule has 0 aromatic heterocycles. The molecule has 2 aromatic carbocycles. The first-order valence-corrected chi connectivity index (χ1v) is 42.3. The van der Waals surface area contributed by atoms with E-state index in [2.05, 4.69) is 175 Å². The monoisotopic (exact) mass is 1310 g/mol. The average molecular weight is 1310 g/mol. The zero-order valence-electron chi connectivity index (χ0n) is 60.0. The van der Waals surface area contributed by atoms with Gasteiger partial charge in [-0.2, -0.15) is 0 Å². The van der Waals surface area contributed by atoms with E-state index < -0.39 is 25.0 Å². The molecule has 2 aromatic rings. The Labute approximate surface area is 558 Å². The van der Waals surface area contributed by atoms with Crippen LogP contribution in [0.4, 0.5) is 0 Å². The summed E-state index contributed by atoms with van der Waals surface area (Å²) in [6.07, 6.45) is 34.2. The molecule has 6 nitrogen and oxygen atoms in total. The maximum atomic E-state index is 6.81. The molecule has 0 atom stereocenters. The molecule has 0 saturated heterocycles. The molecule has 0 saturated carbocycles. The normalized spacial score (nSPS) is 12.7. The minimum atomic E-state index is -1.75. The van der Waals surface area contributed by atoms with Gasteiger partial charge < -0.3 is 27.5 Å². The Balaban J connectivity index is 0.0000361. The molecular formula is C75H141O6Si3Y-. The van der Waals surface area contributed by atoms with Crippen molar-refractivity contribution in [3.63, 3.8) is 0 Å². The van der Waals surface area contributed by atoms with Crippen molar-refractivity contribution in [1.82, 2.24) is 0 Å². The van der Waals surface area contributed by atoms with Crippen LogP contribution in [0.5, 0.6) is 17.2 Å². The maximum Gasteiger partial charge on any atom is 0.200 e. The molecular weight excluding hydrogens is 1170 g/mol. The van der Waals surface area contributed by atoms with Gasteiger partial charge in [0, 0.05) is 52.5 Å². The van der Waals surface area contributed by atoms with Crippen LogP contribution >= 0.6 is 0 Å². The van der Waals surface area contributed by atoms with Crippen LogP contribution in [0.2, 0.25) is 49.9 Å². The number of rotatable bonds is 53. The van der Waals surface area contributed by atoms with E-state index in [0.29, 0.717) is 49.9 Å². The third-order valence-electron chi connectivity index (χ3n) is 19.8. The molecule has 0 unspecified atom stereocenters. The molecule has 493 valence electrons. The van der Waals surface area contributed by atoms with Crippen molar-refractivity contribution < 1.29 is 60.2 Å². The standard InChI is InChI=1S/C75H141O6Si3.Y/c1-60(2)82(61(3)4,62(5)6)79-55-45-39-33-27-21-24-30-36-42-52-76-71-48-50-73(69(19)58-71)70(20)74-51-49-72(77-53-43-37-31-25-22-28-34-40-46-56-80-83(63(7)8,64(9)10)65(11)12)59-75(74)78-54-44-38-32-26-23-29-35-41-47-57-81-84(66(13)14,67(15)16)68(17)18;/h48-51,58-68H,21-47,52-57H2,1-20H3;/q-1;. The predicted octanol–water partition coefficient (Wildman–Crippen LogP) is 25.2. The SMILES string of the molecule is Cc1cc(OCCCCCCCCCCCO[Si](C(C)C)(C(C)C)C(C)C)ccc1[C-](C)c1ccc(OCCCCCCCCCCCO[Si](C(C)C)(C(C)C)C(C)C)cc1OCCCCCCCCCCCO[Si](C(C)C)(C(C)C)C(C)C.[Y]. The Morgan fingerprint density at radius 1 is 0.294 bits per heavy atom. The van der Waals surface area contributed by atoms with Gasteiger partial charge in [0.05, 0.1) is 25.6 Å². The quantitative estimate of drug-likeness (QED) is 0.0374. The van der Waals surface area contributed by atoms with E-state index >= 15 is 0 Å². The number of benzene rings is 2. The Bertz CT molecular complexity index is 1870. The van der Waals surface area contributed by atoms with Gasteiger partial charge in [0.2, 0.25) is 0 Å². The number of aryl methyl sites for hydroxylation is 1. The van der Waals surface area contributed by atoms with E-state index in [-0.39, 0.29) is 32.7 Å². The first kappa shape index (κ1) is 82.4. The third kappa shape index (κ3) is 28.8. The Morgan fingerprint density at radius 3 is 0.776 bits per heavy atom. The van der Waals surface area contributed by atoms with Crippen LogP contribution < -0.4 is 14.2 Å². The number of hydrogen-bond donors (Lipinski definition) is 0. The van der Waals surface area contributed by atoms with Crippen molar-refractivity contribution in [2.45, 2.75) is 362 Å². The van der Waals surface area contributed by atoms with Crippen LogP contribution in [0.25, 0.3) is 0 Å². The number of hydrogen-bond acceptors (Lipinski definition) is 6. The smallest absolute Gasteiger partial charge is 0.200 e. The summed E-state index contributed by atoms with van der Waals surface area (Å²) in [4.78, 5) is 0. The molecule has 0 aliphatic carbocycles. The van der Waals surface area contributed by atoms with Crippen LogP contribution in [0.3, 0.4) is 0 Å². The van der Waals surface area contributed by atoms with Crippen LogP contribution in [0.1, 0.15) is 322 Å². The van der Waals surface area contributed by atoms with E-state index in [0.717, 1.165) is 81.7 Å². The van der Waals surface area contributed by atoms with E-state index in [1.807, 2.05) is 0 Å². The minimum absolute atomic E-state index is 0. The summed E-state index contributed by atoms with van der Waals surface area (Å²) in [5.41, 5.74) is 9.60. The molecule has 0 aliphatic heterocycles. The second kappa shape index (κ2) is 46.4. The van der Waals surface area contributed by atoms with Crippen molar-refractivity contribution in [1.29, 1.82) is 0 Å². The van der Waals surface area contributed by atoms with Gasteiger partial charge in [-0.1, -0.05) is 297 Å². The second-order valence-electron chi connectivity index (χ2n) is 28.8. The number of ether oxygens (including phenoxy) is 3. The topological polar surface area (TPSA) is 55.4 Å². The maximum absolute atomic E-state index is 6.81. The Kier molecular flexibility index (Phi) is 45.0. The number of unbranched alkanes of at least 4 members (excludes halogenated alkanes) is 24. The van der Waals surface area contributed by atoms with Gasteiger partial charge in [0.15, 0.2) is 25.0 Å². The second-order valence-corrected chi connectivity index (χ2v) is 45.2. The molecule has 0 spiro atoms. The van der Waals surface area contributed by atoms with Crippen molar-refractivity contribution in [3.8, 4) is 17.2 Å². The van der Waals surface area contributed by atoms with Crippen LogP contribution in [0.15, 0.2) is 36.4 Å². The molecule has 2 rings (SSSR count). The van der Waals surface area contributed by atoms with Crippen molar-refractivity contribution in [2.24, 2.45) is 0 Å². The molecule has 1 radical (unpaired) electrons. The summed E-state index contributed by atoms with van der Waals surface area (Å²) < 4.78 is 39.9. The largest absolute Gasteiger partial charge is 0.527 e. The van der Waals surface area contributed by atoms with Crippen molar-refractivity contribution in [2.75, 3.05) is 39.6 Å². The van der Waals surface area contributed by atoms with Gasteiger partial charge in [-0.05, 0) is 94.5 Å². The molecule has 10 heteroatoms. The van der Waals surface area contributed by atoms with Crippen molar-refractivity contribution >= 4 is 25.0 Å². The third-order valence-corrected chi connectivity index (χ3v) is 38.2. The van der Waals surface area contributed by atoms with Gasteiger partial charge >= 0.3 is 0 Å². The Morgan fingerprint density at radius 2 is 0.518 bits per heavy atom. The van der Waals surface area contributed by atoms with E-state index in [1.165, 1.54) is 171 Å². The van der Waals surface area contributed by atoms with Gasteiger partial charge in [-0.15, -0.1) is 29.2 Å².